The monoisotopic (exact) mass is 134 g/mol. The van der Waals surface area contributed by atoms with E-state index in [0.717, 1.165) is 0 Å². The van der Waals surface area contributed by atoms with Crippen LogP contribution in [-0.2, 0) is 4.74 Å². The molecule has 0 aromatic carbocycles. The molecule has 0 spiro atoms. The summed E-state index contributed by atoms with van der Waals surface area (Å²) in [7, 11) is 0. The molecular weight excluding hydrogens is 129 g/mol. The van der Waals surface area contributed by atoms with Gasteiger partial charge in [-0.3, -0.25) is 0 Å². The topological polar surface area (TPSA) is 55.3 Å². The first-order valence-corrected chi connectivity index (χ1v) is 2.33. The quantitative estimate of drug-likeness (QED) is 0.264. The summed E-state index contributed by atoms with van der Waals surface area (Å²) in [6.07, 6.45) is 1.75. The third kappa shape index (κ3) is 5.48. The molecule has 0 radical (unpaired) electrons. The van der Waals surface area contributed by atoms with E-state index in [1.54, 1.807) is 0 Å². The second-order valence-electron chi connectivity index (χ2n) is 1.57. The molecule has 0 saturated carbocycles. The van der Waals surface area contributed by atoms with Gasteiger partial charge in [-0.15, -0.1) is 12.7 Å². The first-order valence-electron chi connectivity index (χ1n) is 2.33. The van der Waals surface area contributed by atoms with E-state index < -0.39 is 18.8 Å². The molecule has 3 nitrogen and oxygen atoms in total. The van der Waals surface area contributed by atoms with Crippen LogP contribution in [0, 0.1) is 6.26 Å². The van der Waals surface area contributed by atoms with Crippen molar-refractivity contribution in [2.24, 2.45) is 0 Å². The summed E-state index contributed by atoms with van der Waals surface area (Å²) in [5.41, 5.74) is 0. The van der Waals surface area contributed by atoms with Crippen LogP contribution in [0.3, 0.4) is 0 Å². The predicted molar refractivity (Wildman–Crippen MR) is 21.3 cm³/mol. The zero-order valence-electron chi connectivity index (χ0n) is 7.16. The maximum absolute atomic E-state index is 10.4. The minimum absolute atomic E-state index is 0. The first kappa shape index (κ1) is 18.1. The number of ether oxygens (including phenoxy) is 1. The largest absolute Gasteiger partial charge is 1.00 e. The van der Waals surface area contributed by atoms with E-state index >= 15 is 0 Å². The summed E-state index contributed by atoms with van der Waals surface area (Å²) in [6, 6.07) is 0. The zero-order chi connectivity index (χ0) is 5.98. The van der Waals surface area contributed by atoms with Gasteiger partial charge in [0.1, 0.15) is 0 Å². The van der Waals surface area contributed by atoms with E-state index in [-0.39, 0.29) is 56.6 Å². The molecule has 11 heavy (non-hydrogen) atoms. The van der Waals surface area contributed by atoms with E-state index in [1.807, 2.05) is 0 Å². The van der Waals surface area contributed by atoms with Crippen LogP contribution >= 0.6 is 0 Å². The van der Waals surface area contributed by atoms with E-state index in [4.69, 9.17) is 0 Å². The van der Waals surface area contributed by atoms with Gasteiger partial charge in [-0.25, -0.2) is 6.08 Å². The molecule has 0 saturated heterocycles. The number of hydrogen-bond donors (Lipinski definition) is 0. The van der Waals surface area contributed by atoms with Gasteiger partial charge < -0.3 is 21.2 Å². The molecule has 0 aliphatic carbocycles. The standard InChI is InChI=1S/C5H5O3.3Li/c6-3-5-4(7)1-2-8-5;;;/h1,4-5H,3H2;;;/q-3;3*+1/t4-,5+;;;/m0.../s1. The molecule has 0 aromatic heterocycles. The van der Waals surface area contributed by atoms with Crippen LogP contribution < -0.4 is 66.8 Å². The van der Waals surface area contributed by atoms with Gasteiger partial charge >= 0.3 is 56.6 Å². The Balaban J connectivity index is -0.000000213. The van der Waals surface area contributed by atoms with Gasteiger partial charge in [-0.1, -0.05) is 0 Å². The molecule has 0 bridgehead atoms. The van der Waals surface area contributed by atoms with Gasteiger partial charge in [0, 0.05) is 6.10 Å². The third-order valence-electron chi connectivity index (χ3n) is 0.982. The molecule has 1 rings (SSSR count). The van der Waals surface area contributed by atoms with Crippen molar-refractivity contribution in [2.45, 2.75) is 12.2 Å². The predicted octanol–water partition coefficient (Wildman–Crippen LogP) is -11.2. The molecule has 6 heteroatoms. The van der Waals surface area contributed by atoms with Crippen molar-refractivity contribution < 1.29 is 71.5 Å². The van der Waals surface area contributed by atoms with Gasteiger partial charge in [0.25, 0.3) is 0 Å². The fraction of sp³-hybridized carbons (Fsp3) is 0.600. The summed E-state index contributed by atoms with van der Waals surface area (Å²) in [6.45, 7) is -0.475. The van der Waals surface area contributed by atoms with Crippen LogP contribution in [0.4, 0.5) is 0 Å². The Labute approximate surface area is 102 Å². The summed E-state index contributed by atoms with van der Waals surface area (Å²) in [5.74, 6) is 0. The smallest absolute Gasteiger partial charge is 0.852 e. The molecule has 2 atom stereocenters. The van der Waals surface area contributed by atoms with E-state index in [0.29, 0.717) is 0 Å². The van der Waals surface area contributed by atoms with E-state index in [1.165, 1.54) is 6.08 Å². The second-order valence-corrected chi connectivity index (χ2v) is 1.57. The van der Waals surface area contributed by atoms with Crippen molar-refractivity contribution in [1.82, 2.24) is 0 Å². The number of rotatable bonds is 1. The minimum atomic E-state index is -0.993. The Morgan fingerprint density at radius 3 is 2.09 bits per heavy atom. The molecule has 0 N–H and O–H groups in total. The van der Waals surface area contributed by atoms with Gasteiger partial charge in [-0.05, 0) is 0 Å². The van der Waals surface area contributed by atoms with Crippen molar-refractivity contribution in [1.29, 1.82) is 0 Å². The van der Waals surface area contributed by atoms with Crippen LogP contribution in [0.2, 0.25) is 0 Å². The van der Waals surface area contributed by atoms with Gasteiger partial charge in [-0.2, -0.15) is 0 Å². The molecule has 0 amide bonds. The molecule has 1 aliphatic heterocycles. The minimum Gasteiger partial charge on any atom is -0.852 e. The summed E-state index contributed by atoms with van der Waals surface area (Å²) >= 11 is 0. The molecule has 1 aliphatic rings. The Morgan fingerprint density at radius 1 is 1.36 bits per heavy atom. The van der Waals surface area contributed by atoms with Crippen LogP contribution in [0.5, 0.6) is 0 Å². The summed E-state index contributed by atoms with van der Waals surface area (Å²) < 4.78 is 4.48. The Kier molecular flexibility index (Phi) is 15.4. The molecule has 1 heterocycles. The van der Waals surface area contributed by atoms with Crippen LogP contribution in [-0.4, -0.2) is 18.8 Å². The van der Waals surface area contributed by atoms with Gasteiger partial charge in [0.05, 0.1) is 0 Å². The van der Waals surface area contributed by atoms with Crippen molar-refractivity contribution in [2.75, 3.05) is 6.61 Å². The van der Waals surface area contributed by atoms with E-state index in [2.05, 4.69) is 11.0 Å². The zero-order valence-corrected chi connectivity index (χ0v) is 7.16. The molecular formula is C5H5Li3O3. The maximum atomic E-state index is 10.4. The van der Waals surface area contributed by atoms with Gasteiger partial charge in [0.15, 0.2) is 0 Å². The molecule has 46 valence electrons. The average molecular weight is 134 g/mol. The number of hydrogen-bond acceptors (Lipinski definition) is 3. The van der Waals surface area contributed by atoms with Crippen LogP contribution in [0.15, 0.2) is 6.08 Å². The van der Waals surface area contributed by atoms with Crippen molar-refractivity contribution in [3.05, 3.63) is 12.3 Å². The van der Waals surface area contributed by atoms with Crippen LogP contribution in [0.1, 0.15) is 0 Å². The first-order chi connectivity index (χ1) is 3.84. The summed E-state index contributed by atoms with van der Waals surface area (Å²) in [5, 5.41) is 20.4. The Bertz CT molecular complexity index is 109. The third-order valence-corrected chi connectivity index (χ3v) is 0.982. The fourth-order valence-corrected chi connectivity index (χ4v) is 0.497. The van der Waals surface area contributed by atoms with E-state index in [9.17, 15) is 10.2 Å². The SMILES string of the molecule is [Li+].[Li+].[Li+].[O-]C[C@H]1O[C-]=C[C@@H]1[O-]. The van der Waals surface area contributed by atoms with Crippen LogP contribution in [0.25, 0.3) is 0 Å². The normalized spacial score (nSPS) is 25.6. The second kappa shape index (κ2) is 9.34. The van der Waals surface area contributed by atoms with Crippen molar-refractivity contribution in [3.63, 3.8) is 0 Å². The fourth-order valence-electron chi connectivity index (χ4n) is 0.497. The Hall–Kier alpha value is 1.25. The Morgan fingerprint density at radius 2 is 1.91 bits per heavy atom. The maximum Gasteiger partial charge on any atom is 1.00 e. The van der Waals surface area contributed by atoms with Crippen molar-refractivity contribution in [3.8, 4) is 0 Å². The van der Waals surface area contributed by atoms with Crippen molar-refractivity contribution >= 4 is 0 Å². The molecule has 0 aromatic rings. The summed E-state index contributed by atoms with van der Waals surface area (Å²) in [4.78, 5) is 0. The molecule has 0 unspecified atom stereocenters. The average Bonchev–Trinajstić information content (AvgIpc) is 2.14. The molecule has 0 fully saturated rings. The van der Waals surface area contributed by atoms with Gasteiger partial charge in [0.2, 0.25) is 0 Å².